The van der Waals surface area contributed by atoms with Gasteiger partial charge in [0.25, 0.3) is 5.91 Å². The van der Waals surface area contributed by atoms with Gasteiger partial charge in [0.1, 0.15) is 5.75 Å². The monoisotopic (exact) mass is 273 g/mol. The molecule has 0 unspecified atom stereocenters. The lowest BCUT2D eigenvalue weighted by atomic mass is 9.95. The Kier molecular flexibility index (Phi) is 5.23. The molecule has 0 saturated carbocycles. The number of carbonyl (C=O) groups is 1. The highest BCUT2D eigenvalue weighted by Gasteiger charge is 2.18. The lowest BCUT2D eigenvalue weighted by Crippen LogP contribution is -2.36. The van der Waals surface area contributed by atoms with Gasteiger partial charge in [0.2, 0.25) is 0 Å². The zero-order chi connectivity index (χ0) is 14.5. The van der Waals surface area contributed by atoms with Crippen molar-refractivity contribution in [2.75, 3.05) is 13.2 Å². The van der Waals surface area contributed by atoms with E-state index in [4.69, 9.17) is 5.11 Å². The van der Waals surface area contributed by atoms with Crippen molar-refractivity contribution in [1.82, 2.24) is 5.32 Å². The average Bonchev–Trinajstić information content (AvgIpc) is 2.35. The van der Waals surface area contributed by atoms with Crippen molar-refractivity contribution in [1.29, 1.82) is 0 Å². The SMILES string of the molecule is CC(C)(CO)CNC(=O)c1cccc(OC(F)F)c1. The van der Waals surface area contributed by atoms with Gasteiger partial charge in [-0.15, -0.1) is 0 Å². The van der Waals surface area contributed by atoms with E-state index < -0.39 is 17.9 Å². The van der Waals surface area contributed by atoms with Gasteiger partial charge in [-0.2, -0.15) is 8.78 Å². The van der Waals surface area contributed by atoms with Crippen LogP contribution in [0.5, 0.6) is 5.75 Å². The summed E-state index contributed by atoms with van der Waals surface area (Å²) in [5.74, 6) is -0.467. The third kappa shape index (κ3) is 5.21. The van der Waals surface area contributed by atoms with Crippen LogP contribution in [0.25, 0.3) is 0 Å². The number of benzene rings is 1. The molecule has 0 aliphatic carbocycles. The lowest BCUT2D eigenvalue weighted by molar-refractivity contribution is -0.0498. The van der Waals surface area contributed by atoms with E-state index in [0.717, 1.165) is 0 Å². The van der Waals surface area contributed by atoms with E-state index >= 15 is 0 Å². The first-order valence-electron chi connectivity index (χ1n) is 5.78. The Hall–Kier alpha value is -1.69. The highest BCUT2D eigenvalue weighted by molar-refractivity contribution is 5.94. The molecule has 19 heavy (non-hydrogen) atoms. The minimum Gasteiger partial charge on any atom is -0.435 e. The number of hydrogen-bond acceptors (Lipinski definition) is 3. The zero-order valence-corrected chi connectivity index (χ0v) is 10.8. The summed E-state index contributed by atoms with van der Waals surface area (Å²) in [4.78, 5) is 11.8. The molecule has 1 aromatic rings. The molecule has 0 bridgehead atoms. The maximum atomic E-state index is 12.1. The fraction of sp³-hybridized carbons (Fsp3) is 0.462. The van der Waals surface area contributed by atoms with Crippen molar-refractivity contribution in [3.63, 3.8) is 0 Å². The summed E-state index contributed by atoms with van der Waals surface area (Å²) < 4.78 is 28.3. The van der Waals surface area contributed by atoms with Crippen LogP contribution in [0.2, 0.25) is 0 Å². The molecule has 6 heteroatoms. The van der Waals surface area contributed by atoms with Gasteiger partial charge in [-0.05, 0) is 18.2 Å². The standard InChI is InChI=1S/C13H17F2NO3/c1-13(2,8-17)7-16-11(18)9-4-3-5-10(6-9)19-12(14)15/h3-6,12,17H,7-8H2,1-2H3,(H,16,18). The van der Waals surface area contributed by atoms with Crippen LogP contribution in [0.3, 0.4) is 0 Å². The Morgan fingerprint density at radius 2 is 2.16 bits per heavy atom. The molecule has 2 N–H and O–H groups in total. The van der Waals surface area contributed by atoms with Gasteiger partial charge in [-0.25, -0.2) is 0 Å². The second-order valence-corrected chi connectivity index (χ2v) is 4.91. The predicted octanol–water partition coefficient (Wildman–Crippen LogP) is 2.04. The number of aliphatic hydroxyl groups excluding tert-OH is 1. The number of ether oxygens (including phenoxy) is 1. The second kappa shape index (κ2) is 6.47. The zero-order valence-electron chi connectivity index (χ0n) is 10.8. The average molecular weight is 273 g/mol. The molecule has 1 amide bonds. The molecule has 0 aliphatic heterocycles. The van der Waals surface area contributed by atoms with Gasteiger partial charge in [-0.1, -0.05) is 19.9 Å². The molecule has 0 radical (unpaired) electrons. The van der Waals surface area contributed by atoms with Gasteiger partial charge in [0.15, 0.2) is 0 Å². The largest absolute Gasteiger partial charge is 0.435 e. The molecule has 0 fully saturated rings. The Morgan fingerprint density at radius 3 is 2.74 bits per heavy atom. The van der Waals surface area contributed by atoms with Crippen molar-refractivity contribution in [3.8, 4) is 5.75 Å². The summed E-state index contributed by atoms with van der Waals surface area (Å²) >= 11 is 0. The molecule has 0 spiro atoms. The highest BCUT2D eigenvalue weighted by atomic mass is 19.3. The molecule has 1 aromatic carbocycles. The van der Waals surface area contributed by atoms with Gasteiger partial charge in [0, 0.05) is 24.1 Å². The summed E-state index contributed by atoms with van der Waals surface area (Å²) in [5.41, 5.74) is -0.209. The van der Waals surface area contributed by atoms with Crippen LogP contribution in [0.4, 0.5) is 8.78 Å². The molecular weight excluding hydrogens is 256 g/mol. The molecule has 0 aromatic heterocycles. The highest BCUT2D eigenvalue weighted by Crippen LogP contribution is 2.16. The predicted molar refractivity (Wildman–Crippen MR) is 66.3 cm³/mol. The number of hydrogen-bond donors (Lipinski definition) is 2. The third-order valence-corrected chi connectivity index (χ3v) is 2.48. The summed E-state index contributed by atoms with van der Waals surface area (Å²) in [6, 6.07) is 5.55. The van der Waals surface area contributed by atoms with Crippen LogP contribution in [0, 0.1) is 5.41 Å². The van der Waals surface area contributed by atoms with Crippen LogP contribution < -0.4 is 10.1 Å². The number of carbonyl (C=O) groups excluding carboxylic acids is 1. The number of alkyl halides is 2. The molecule has 0 heterocycles. The van der Waals surface area contributed by atoms with Crippen molar-refractivity contribution in [2.24, 2.45) is 5.41 Å². The molecule has 0 aliphatic rings. The number of halogens is 2. The van der Waals surface area contributed by atoms with Crippen molar-refractivity contribution in [2.45, 2.75) is 20.5 Å². The quantitative estimate of drug-likeness (QED) is 0.834. The van der Waals surface area contributed by atoms with Gasteiger partial charge in [-0.3, -0.25) is 4.79 Å². The summed E-state index contributed by atoms with van der Waals surface area (Å²) in [5, 5.41) is 11.7. The Labute approximate surface area is 110 Å². The maximum Gasteiger partial charge on any atom is 0.387 e. The van der Waals surface area contributed by atoms with E-state index in [1.165, 1.54) is 24.3 Å². The topological polar surface area (TPSA) is 58.6 Å². The first-order chi connectivity index (χ1) is 8.84. The first-order valence-corrected chi connectivity index (χ1v) is 5.78. The van der Waals surface area contributed by atoms with E-state index in [2.05, 4.69) is 10.1 Å². The number of rotatable bonds is 6. The van der Waals surface area contributed by atoms with E-state index in [1.807, 2.05) is 0 Å². The molecule has 0 atom stereocenters. The Bertz CT molecular complexity index is 436. The van der Waals surface area contributed by atoms with Gasteiger partial charge < -0.3 is 15.2 Å². The van der Waals surface area contributed by atoms with Crippen LogP contribution in [-0.2, 0) is 0 Å². The minimum atomic E-state index is -2.92. The first kappa shape index (κ1) is 15.4. The summed E-state index contributed by atoms with van der Waals surface area (Å²) in [7, 11) is 0. The van der Waals surface area contributed by atoms with Crippen molar-refractivity contribution >= 4 is 5.91 Å². The summed E-state index contributed by atoms with van der Waals surface area (Å²) in [6.07, 6.45) is 0. The van der Waals surface area contributed by atoms with E-state index in [1.54, 1.807) is 13.8 Å². The van der Waals surface area contributed by atoms with Crippen LogP contribution in [0.15, 0.2) is 24.3 Å². The molecule has 4 nitrogen and oxygen atoms in total. The van der Waals surface area contributed by atoms with Gasteiger partial charge in [0.05, 0.1) is 0 Å². The number of nitrogens with one attached hydrogen (secondary N) is 1. The van der Waals surface area contributed by atoms with Crippen molar-refractivity contribution < 1.29 is 23.4 Å². The van der Waals surface area contributed by atoms with E-state index in [9.17, 15) is 13.6 Å². The fourth-order valence-corrected chi connectivity index (χ4v) is 1.29. The smallest absolute Gasteiger partial charge is 0.387 e. The van der Waals surface area contributed by atoms with Crippen LogP contribution >= 0.6 is 0 Å². The number of aliphatic hydroxyl groups is 1. The van der Waals surface area contributed by atoms with E-state index in [0.29, 0.717) is 0 Å². The molecular formula is C13H17F2NO3. The molecule has 0 saturated heterocycles. The van der Waals surface area contributed by atoms with Crippen LogP contribution in [0.1, 0.15) is 24.2 Å². The van der Waals surface area contributed by atoms with Crippen LogP contribution in [-0.4, -0.2) is 30.8 Å². The second-order valence-electron chi connectivity index (χ2n) is 4.91. The minimum absolute atomic E-state index is 0.0657. The number of amides is 1. The molecule has 1 rings (SSSR count). The van der Waals surface area contributed by atoms with Gasteiger partial charge >= 0.3 is 6.61 Å². The Morgan fingerprint density at radius 1 is 1.47 bits per heavy atom. The maximum absolute atomic E-state index is 12.1. The normalized spacial score (nSPS) is 11.5. The summed E-state index contributed by atoms with van der Waals surface area (Å²) in [6.45, 7) is 0.878. The third-order valence-electron chi connectivity index (χ3n) is 2.48. The Balaban J connectivity index is 2.67. The molecule has 106 valence electrons. The lowest BCUT2D eigenvalue weighted by Gasteiger charge is -2.21. The van der Waals surface area contributed by atoms with E-state index in [-0.39, 0.29) is 24.5 Å². The van der Waals surface area contributed by atoms with Crippen molar-refractivity contribution in [3.05, 3.63) is 29.8 Å². The fourth-order valence-electron chi connectivity index (χ4n) is 1.29.